The number of carbonyl (C=O) groups is 1. The summed E-state index contributed by atoms with van der Waals surface area (Å²) in [4.78, 5) is 16.1. The van der Waals surface area contributed by atoms with E-state index in [0.29, 0.717) is 5.69 Å². The molecule has 2 aromatic carbocycles. The molecule has 3 aromatic rings. The van der Waals surface area contributed by atoms with Crippen LogP contribution in [0.2, 0.25) is 0 Å². The normalized spacial score (nSPS) is 11.1. The SMILES string of the molecule is O=C(Nc1ccc(F)cc1)c1ccc(Nc2ccccc2C(F)(F)F)nc1. The molecule has 0 radical (unpaired) electrons. The van der Waals surface area contributed by atoms with Gasteiger partial charge in [-0.15, -0.1) is 0 Å². The fourth-order valence-electron chi connectivity index (χ4n) is 2.32. The van der Waals surface area contributed by atoms with E-state index < -0.39 is 23.5 Å². The highest BCUT2D eigenvalue weighted by Crippen LogP contribution is 2.35. The van der Waals surface area contributed by atoms with Gasteiger partial charge in [-0.2, -0.15) is 13.2 Å². The number of amides is 1. The van der Waals surface area contributed by atoms with Crippen LogP contribution in [0.25, 0.3) is 0 Å². The largest absolute Gasteiger partial charge is 0.418 e. The highest BCUT2D eigenvalue weighted by molar-refractivity contribution is 6.04. The van der Waals surface area contributed by atoms with Crippen LogP contribution in [0, 0.1) is 5.82 Å². The number of aromatic nitrogens is 1. The average Bonchev–Trinajstić information content (AvgIpc) is 2.64. The molecule has 1 amide bonds. The maximum Gasteiger partial charge on any atom is 0.418 e. The predicted octanol–water partition coefficient (Wildman–Crippen LogP) is 5.24. The Morgan fingerprint density at radius 2 is 1.63 bits per heavy atom. The first kappa shape index (κ1) is 18.4. The Kier molecular flexibility index (Phi) is 5.07. The van der Waals surface area contributed by atoms with Crippen LogP contribution in [0.15, 0.2) is 66.9 Å². The lowest BCUT2D eigenvalue weighted by Crippen LogP contribution is -2.12. The summed E-state index contributed by atoms with van der Waals surface area (Å²) in [5, 5.41) is 5.17. The molecule has 0 bridgehead atoms. The Hall–Kier alpha value is -3.42. The molecule has 8 heteroatoms. The Morgan fingerprint density at radius 3 is 2.26 bits per heavy atom. The van der Waals surface area contributed by atoms with Crippen LogP contribution in [-0.4, -0.2) is 10.9 Å². The molecular weight excluding hydrogens is 362 g/mol. The molecule has 138 valence electrons. The van der Waals surface area contributed by atoms with Gasteiger partial charge in [-0.25, -0.2) is 9.37 Å². The molecule has 0 aliphatic carbocycles. The number of alkyl halides is 3. The lowest BCUT2D eigenvalue weighted by molar-refractivity contribution is -0.136. The molecule has 1 heterocycles. The molecule has 0 aliphatic rings. The number of anilines is 3. The van der Waals surface area contributed by atoms with Gasteiger partial charge in [0.15, 0.2) is 0 Å². The Morgan fingerprint density at radius 1 is 0.926 bits per heavy atom. The zero-order valence-electron chi connectivity index (χ0n) is 13.7. The zero-order valence-corrected chi connectivity index (χ0v) is 13.7. The number of nitrogens with zero attached hydrogens (tertiary/aromatic N) is 1. The van der Waals surface area contributed by atoms with E-state index in [4.69, 9.17) is 0 Å². The third kappa shape index (κ3) is 4.60. The third-order valence-corrected chi connectivity index (χ3v) is 3.62. The van der Waals surface area contributed by atoms with Crippen molar-refractivity contribution in [3.8, 4) is 0 Å². The number of pyridine rings is 1. The number of para-hydroxylation sites is 1. The first-order chi connectivity index (χ1) is 12.8. The maximum atomic E-state index is 13.0. The molecule has 1 aromatic heterocycles. The van der Waals surface area contributed by atoms with Gasteiger partial charge in [0, 0.05) is 11.9 Å². The molecule has 4 nitrogen and oxygen atoms in total. The van der Waals surface area contributed by atoms with E-state index in [1.54, 1.807) is 0 Å². The Balaban J connectivity index is 1.72. The number of nitrogens with one attached hydrogen (secondary N) is 2. The number of benzene rings is 2. The molecule has 3 rings (SSSR count). The van der Waals surface area contributed by atoms with Gasteiger partial charge in [-0.05, 0) is 48.5 Å². The van der Waals surface area contributed by atoms with E-state index in [1.807, 2.05) is 0 Å². The average molecular weight is 375 g/mol. The molecule has 0 saturated heterocycles. The summed E-state index contributed by atoms with van der Waals surface area (Å²) in [5.41, 5.74) is -0.345. The minimum atomic E-state index is -4.50. The predicted molar refractivity (Wildman–Crippen MR) is 93.3 cm³/mol. The van der Waals surface area contributed by atoms with E-state index in [9.17, 15) is 22.4 Å². The minimum absolute atomic E-state index is 0.138. The molecule has 2 N–H and O–H groups in total. The van der Waals surface area contributed by atoms with Crippen LogP contribution in [-0.2, 0) is 6.18 Å². The number of hydrogen-bond acceptors (Lipinski definition) is 3. The van der Waals surface area contributed by atoms with Crippen molar-refractivity contribution in [1.82, 2.24) is 4.98 Å². The monoisotopic (exact) mass is 375 g/mol. The van der Waals surface area contributed by atoms with E-state index in [-0.39, 0.29) is 17.1 Å². The minimum Gasteiger partial charge on any atom is -0.340 e. The van der Waals surface area contributed by atoms with Crippen LogP contribution in [0.4, 0.5) is 34.8 Å². The summed E-state index contributed by atoms with van der Waals surface area (Å²) in [7, 11) is 0. The van der Waals surface area contributed by atoms with Crippen LogP contribution in [0.5, 0.6) is 0 Å². The Bertz CT molecular complexity index is 938. The molecule has 0 unspecified atom stereocenters. The van der Waals surface area contributed by atoms with Gasteiger partial charge in [0.25, 0.3) is 5.91 Å². The highest BCUT2D eigenvalue weighted by atomic mass is 19.4. The van der Waals surface area contributed by atoms with Crippen molar-refractivity contribution < 1.29 is 22.4 Å². The van der Waals surface area contributed by atoms with Gasteiger partial charge in [-0.1, -0.05) is 12.1 Å². The van der Waals surface area contributed by atoms with Crippen molar-refractivity contribution in [2.75, 3.05) is 10.6 Å². The molecule has 0 fully saturated rings. The van der Waals surface area contributed by atoms with Crippen molar-refractivity contribution in [2.24, 2.45) is 0 Å². The second-order valence-electron chi connectivity index (χ2n) is 5.56. The van der Waals surface area contributed by atoms with Gasteiger partial charge >= 0.3 is 6.18 Å². The number of halogens is 4. The second kappa shape index (κ2) is 7.45. The fraction of sp³-hybridized carbons (Fsp3) is 0.0526. The van der Waals surface area contributed by atoms with Crippen molar-refractivity contribution in [2.45, 2.75) is 6.18 Å². The van der Waals surface area contributed by atoms with E-state index in [2.05, 4.69) is 15.6 Å². The van der Waals surface area contributed by atoms with Crippen molar-refractivity contribution in [3.63, 3.8) is 0 Å². The van der Waals surface area contributed by atoms with Crippen molar-refractivity contribution in [3.05, 3.63) is 83.8 Å². The molecular formula is C19H13F4N3O. The summed E-state index contributed by atoms with van der Waals surface area (Å²) in [6, 6.07) is 13.1. The highest BCUT2D eigenvalue weighted by Gasteiger charge is 2.33. The molecule has 27 heavy (non-hydrogen) atoms. The van der Waals surface area contributed by atoms with Crippen LogP contribution in [0.1, 0.15) is 15.9 Å². The van der Waals surface area contributed by atoms with Crippen LogP contribution in [0.3, 0.4) is 0 Å². The summed E-state index contributed by atoms with van der Waals surface area (Å²) < 4.78 is 51.9. The summed E-state index contributed by atoms with van der Waals surface area (Å²) in [6.07, 6.45) is -3.27. The smallest absolute Gasteiger partial charge is 0.340 e. The first-order valence-electron chi connectivity index (χ1n) is 7.79. The third-order valence-electron chi connectivity index (χ3n) is 3.62. The number of carbonyl (C=O) groups excluding carboxylic acids is 1. The summed E-state index contributed by atoms with van der Waals surface area (Å²) in [5.74, 6) is -0.745. The fourth-order valence-corrected chi connectivity index (χ4v) is 2.32. The first-order valence-corrected chi connectivity index (χ1v) is 7.79. The molecule has 0 aliphatic heterocycles. The quantitative estimate of drug-likeness (QED) is 0.614. The van der Waals surface area contributed by atoms with Crippen LogP contribution >= 0.6 is 0 Å². The number of hydrogen-bond donors (Lipinski definition) is 2. The van der Waals surface area contributed by atoms with Gasteiger partial charge in [0.2, 0.25) is 0 Å². The van der Waals surface area contributed by atoms with Crippen molar-refractivity contribution in [1.29, 1.82) is 0 Å². The van der Waals surface area contributed by atoms with E-state index >= 15 is 0 Å². The van der Waals surface area contributed by atoms with Gasteiger partial charge in [-0.3, -0.25) is 4.79 Å². The Labute approximate surface area is 151 Å². The second-order valence-corrected chi connectivity index (χ2v) is 5.56. The topological polar surface area (TPSA) is 54.0 Å². The van der Waals surface area contributed by atoms with Gasteiger partial charge in [0.1, 0.15) is 11.6 Å². The number of rotatable bonds is 4. The van der Waals surface area contributed by atoms with E-state index in [1.165, 1.54) is 60.8 Å². The van der Waals surface area contributed by atoms with E-state index in [0.717, 1.165) is 6.07 Å². The standard InChI is InChI=1S/C19H13F4N3O/c20-13-6-8-14(9-7-13)25-18(27)12-5-10-17(24-11-12)26-16-4-2-1-3-15(16)19(21,22)23/h1-11H,(H,24,26)(H,25,27). The molecule has 0 saturated carbocycles. The van der Waals surface area contributed by atoms with Crippen LogP contribution < -0.4 is 10.6 Å². The lowest BCUT2D eigenvalue weighted by atomic mass is 10.1. The molecule has 0 atom stereocenters. The summed E-state index contributed by atoms with van der Waals surface area (Å²) in [6.45, 7) is 0. The summed E-state index contributed by atoms with van der Waals surface area (Å²) >= 11 is 0. The zero-order chi connectivity index (χ0) is 19.4. The lowest BCUT2D eigenvalue weighted by Gasteiger charge is -2.14. The van der Waals surface area contributed by atoms with Crippen molar-refractivity contribution >= 4 is 23.1 Å². The van der Waals surface area contributed by atoms with Gasteiger partial charge < -0.3 is 10.6 Å². The van der Waals surface area contributed by atoms with Gasteiger partial charge in [0.05, 0.1) is 16.8 Å². The maximum absolute atomic E-state index is 13.0. The molecule has 0 spiro atoms.